The Morgan fingerprint density at radius 1 is 1.33 bits per heavy atom. The van der Waals surface area contributed by atoms with E-state index in [-0.39, 0.29) is 12.5 Å². The van der Waals surface area contributed by atoms with Gasteiger partial charge in [-0.3, -0.25) is 9.55 Å². The lowest BCUT2D eigenvalue weighted by Gasteiger charge is -2.04. The van der Waals surface area contributed by atoms with Gasteiger partial charge >= 0.3 is 5.69 Å². The number of aromatic nitrogens is 4. The van der Waals surface area contributed by atoms with Gasteiger partial charge in [-0.15, -0.1) is 0 Å². The average molecular weight is 328 g/mol. The van der Waals surface area contributed by atoms with E-state index < -0.39 is 0 Å². The Hall–Kier alpha value is -2.87. The van der Waals surface area contributed by atoms with Gasteiger partial charge in [-0.05, 0) is 24.6 Å². The zero-order valence-electron chi connectivity index (χ0n) is 13.1. The van der Waals surface area contributed by atoms with Crippen molar-refractivity contribution in [1.82, 2.24) is 19.5 Å². The van der Waals surface area contributed by atoms with Gasteiger partial charge < -0.3 is 14.2 Å². The average Bonchev–Trinajstić information content (AvgIpc) is 3.18. The predicted molar refractivity (Wildman–Crippen MR) is 86.2 cm³/mol. The molecule has 4 rings (SSSR count). The van der Waals surface area contributed by atoms with Gasteiger partial charge in [-0.1, -0.05) is 0 Å². The molecule has 0 aliphatic carbocycles. The van der Waals surface area contributed by atoms with Crippen LogP contribution in [0.4, 0.5) is 0 Å². The Bertz CT molecular complexity index is 947. The standard InChI is InChI=1S/C16H16N4O4/c1-22-6-2-5-20-15-14(19-16(20)21)18-11(8-17-15)10-3-4-12-13(7-10)24-9-23-12/h3-4,7-8H,2,5-6,9H2,1H3,(H,18,19,21). The summed E-state index contributed by atoms with van der Waals surface area (Å²) in [6.07, 6.45) is 2.38. The summed E-state index contributed by atoms with van der Waals surface area (Å²) in [5, 5.41) is 0. The molecule has 1 aromatic carbocycles. The van der Waals surface area contributed by atoms with Crippen LogP contribution < -0.4 is 15.2 Å². The number of nitrogens with one attached hydrogen (secondary N) is 1. The number of aromatic amines is 1. The molecule has 1 aliphatic heterocycles. The number of methoxy groups -OCH3 is 1. The lowest BCUT2D eigenvalue weighted by molar-refractivity contribution is 0.174. The second-order valence-electron chi connectivity index (χ2n) is 5.42. The highest BCUT2D eigenvalue weighted by molar-refractivity contribution is 5.72. The Balaban J connectivity index is 1.70. The number of benzene rings is 1. The number of fused-ring (bicyclic) bond motifs is 2. The highest BCUT2D eigenvalue weighted by atomic mass is 16.7. The summed E-state index contributed by atoms with van der Waals surface area (Å²) in [6.45, 7) is 1.34. The third-order valence-electron chi connectivity index (χ3n) is 3.88. The molecule has 0 saturated carbocycles. The van der Waals surface area contributed by atoms with E-state index in [1.54, 1.807) is 17.9 Å². The van der Waals surface area contributed by atoms with Crippen molar-refractivity contribution in [3.05, 3.63) is 34.9 Å². The van der Waals surface area contributed by atoms with Crippen molar-refractivity contribution < 1.29 is 14.2 Å². The van der Waals surface area contributed by atoms with Crippen molar-refractivity contribution in [2.75, 3.05) is 20.5 Å². The third kappa shape index (κ3) is 2.50. The van der Waals surface area contributed by atoms with Crippen LogP contribution in [-0.4, -0.2) is 40.0 Å². The van der Waals surface area contributed by atoms with Crippen LogP contribution in [0.15, 0.2) is 29.2 Å². The Morgan fingerprint density at radius 3 is 3.08 bits per heavy atom. The quantitative estimate of drug-likeness (QED) is 0.715. The van der Waals surface area contributed by atoms with Gasteiger partial charge in [0.2, 0.25) is 6.79 Å². The molecule has 0 saturated heterocycles. The highest BCUT2D eigenvalue weighted by Crippen LogP contribution is 2.35. The van der Waals surface area contributed by atoms with Gasteiger partial charge in [0.15, 0.2) is 22.8 Å². The van der Waals surface area contributed by atoms with Crippen molar-refractivity contribution in [2.24, 2.45) is 0 Å². The maximum absolute atomic E-state index is 12.1. The number of hydrogen-bond acceptors (Lipinski definition) is 6. The van der Waals surface area contributed by atoms with E-state index in [1.165, 1.54) is 0 Å². The van der Waals surface area contributed by atoms with Crippen LogP contribution in [0.25, 0.3) is 22.6 Å². The van der Waals surface area contributed by atoms with Crippen LogP contribution >= 0.6 is 0 Å². The topological polar surface area (TPSA) is 91.3 Å². The molecule has 24 heavy (non-hydrogen) atoms. The summed E-state index contributed by atoms with van der Waals surface area (Å²) in [7, 11) is 1.63. The van der Waals surface area contributed by atoms with E-state index in [0.717, 1.165) is 12.0 Å². The second kappa shape index (κ2) is 5.97. The number of hydrogen-bond donors (Lipinski definition) is 1. The highest BCUT2D eigenvalue weighted by Gasteiger charge is 2.16. The van der Waals surface area contributed by atoms with Crippen molar-refractivity contribution in [2.45, 2.75) is 13.0 Å². The fraction of sp³-hybridized carbons (Fsp3) is 0.312. The van der Waals surface area contributed by atoms with Crippen molar-refractivity contribution in [3.63, 3.8) is 0 Å². The molecule has 0 unspecified atom stereocenters. The molecule has 1 aliphatic rings. The van der Waals surface area contributed by atoms with Crippen molar-refractivity contribution in [1.29, 1.82) is 0 Å². The lowest BCUT2D eigenvalue weighted by Crippen LogP contribution is -2.17. The first-order valence-electron chi connectivity index (χ1n) is 7.61. The molecule has 0 bridgehead atoms. The predicted octanol–water partition coefficient (Wildman–Crippen LogP) is 1.55. The number of ether oxygens (including phenoxy) is 3. The minimum absolute atomic E-state index is 0.219. The van der Waals surface area contributed by atoms with Crippen LogP contribution in [0.3, 0.4) is 0 Å². The second-order valence-corrected chi connectivity index (χ2v) is 5.42. The number of rotatable bonds is 5. The molecule has 0 fully saturated rings. The fourth-order valence-corrected chi connectivity index (χ4v) is 2.70. The minimum atomic E-state index is -0.219. The van der Waals surface area contributed by atoms with Crippen LogP contribution in [0, 0.1) is 0 Å². The SMILES string of the molecule is COCCCn1c(=O)[nH]c2nc(-c3ccc4c(c3)OCO4)cnc21. The first-order valence-corrected chi connectivity index (χ1v) is 7.61. The molecule has 1 N–H and O–H groups in total. The largest absolute Gasteiger partial charge is 0.454 e. The maximum Gasteiger partial charge on any atom is 0.328 e. The molecule has 124 valence electrons. The first-order chi connectivity index (χ1) is 11.8. The molecular weight excluding hydrogens is 312 g/mol. The van der Waals surface area contributed by atoms with Crippen molar-refractivity contribution in [3.8, 4) is 22.8 Å². The summed E-state index contributed by atoms with van der Waals surface area (Å²) in [6, 6.07) is 5.57. The summed E-state index contributed by atoms with van der Waals surface area (Å²) < 4.78 is 17.3. The summed E-state index contributed by atoms with van der Waals surface area (Å²) in [4.78, 5) is 23.8. The van der Waals surface area contributed by atoms with Crippen molar-refractivity contribution >= 4 is 11.3 Å². The molecule has 8 heteroatoms. The Morgan fingerprint density at radius 2 is 2.21 bits per heavy atom. The van der Waals surface area contributed by atoms with Gasteiger partial charge in [0, 0.05) is 25.8 Å². The maximum atomic E-state index is 12.1. The Kier molecular flexibility index (Phi) is 3.66. The van der Waals surface area contributed by atoms with E-state index >= 15 is 0 Å². The lowest BCUT2D eigenvalue weighted by atomic mass is 10.1. The summed E-state index contributed by atoms with van der Waals surface area (Å²) in [5.41, 5.74) is 2.30. The molecule has 0 radical (unpaired) electrons. The number of nitrogens with zero attached hydrogens (tertiary/aromatic N) is 3. The molecule has 0 atom stereocenters. The van der Waals surface area contributed by atoms with Crippen LogP contribution in [-0.2, 0) is 11.3 Å². The van der Waals surface area contributed by atoms with Gasteiger partial charge in [0.05, 0.1) is 11.9 Å². The molecule has 0 spiro atoms. The van der Waals surface area contributed by atoms with Gasteiger partial charge in [-0.25, -0.2) is 14.8 Å². The van der Waals surface area contributed by atoms with E-state index in [1.807, 2.05) is 18.2 Å². The normalized spacial score (nSPS) is 12.9. The molecule has 3 heterocycles. The van der Waals surface area contributed by atoms with Gasteiger partial charge in [0.25, 0.3) is 0 Å². The minimum Gasteiger partial charge on any atom is -0.454 e. The fourth-order valence-electron chi connectivity index (χ4n) is 2.70. The summed E-state index contributed by atoms with van der Waals surface area (Å²) >= 11 is 0. The molecule has 8 nitrogen and oxygen atoms in total. The smallest absolute Gasteiger partial charge is 0.328 e. The van der Waals surface area contributed by atoms with Crippen LogP contribution in [0.2, 0.25) is 0 Å². The number of aryl methyl sites for hydroxylation is 1. The van der Waals surface area contributed by atoms with Crippen LogP contribution in [0.5, 0.6) is 11.5 Å². The zero-order chi connectivity index (χ0) is 16.5. The van der Waals surface area contributed by atoms with E-state index in [9.17, 15) is 4.79 Å². The number of imidazole rings is 1. The summed E-state index contributed by atoms with van der Waals surface area (Å²) in [5.74, 6) is 1.39. The van der Waals surface area contributed by atoms with Crippen LogP contribution in [0.1, 0.15) is 6.42 Å². The monoisotopic (exact) mass is 328 g/mol. The van der Waals surface area contributed by atoms with E-state index in [2.05, 4.69) is 15.0 Å². The molecule has 3 aromatic rings. The Labute approximate surface area is 137 Å². The van der Waals surface area contributed by atoms with Gasteiger partial charge in [-0.2, -0.15) is 0 Å². The molecule has 0 amide bonds. The molecule has 2 aromatic heterocycles. The molecular formula is C16H16N4O4. The van der Waals surface area contributed by atoms with E-state index in [4.69, 9.17) is 14.2 Å². The van der Waals surface area contributed by atoms with E-state index in [0.29, 0.717) is 41.6 Å². The van der Waals surface area contributed by atoms with Gasteiger partial charge in [0.1, 0.15) is 0 Å². The first kappa shape index (κ1) is 14.7. The number of H-pyrrole nitrogens is 1. The zero-order valence-corrected chi connectivity index (χ0v) is 13.1. The third-order valence-corrected chi connectivity index (χ3v) is 3.88.